The first kappa shape index (κ1) is 24.1. The topological polar surface area (TPSA) is 69.9 Å². The highest BCUT2D eigenvalue weighted by atomic mass is 79.9. The van der Waals surface area contributed by atoms with E-state index in [1.807, 2.05) is 36.6 Å². The molecule has 0 radical (unpaired) electrons. The highest BCUT2D eigenvalue weighted by Crippen LogP contribution is 2.34. The molecular formula is C23H20Br2N2O4S2. The molecule has 0 aliphatic carbocycles. The Labute approximate surface area is 215 Å². The Balaban J connectivity index is 1.96. The standard InChI is InChI=1S/C23H20Br2N2O4S2/c1-4-30-20-13(9-14(24)11-15(20)25)10-17-21(28)27-19(16-7-6-8-32-16)18(22(29)31-5-2)12(3)26-23(27)33-17/h6-11,19H,4-5H2,1-3H3/b17-10-/t19-/m1/s1. The van der Waals surface area contributed by atoms with Gasteiger partial charge in [-0.2, -0.15) is 0 Å². The Bertz CT molecular complexity index is 1420. The van der Waals surface area contributed by atoms with Gasteiger partial charge in [-0.3, -0.25) is 9.36 Å². The predicted octanol–water partition coefficient (Wildman–Crippen LogP) is 4.78. The molecule has 0 bridgehead atoms. The number of rotatable bonds is 6. The summed E-state index contributed by atoms with van der Waals surface area (Å²) in [5, 5.41) is 1.93. The van der Waals surface area contributed by atoms with E-state index in [0.717, 1.165) is 19.4 Å². The second-order valence-corrected chi connectivity index (χ2v) is 10.8. The van der Waals surface area contributed by atoms with Crippen LogP contribution < -0.4 is 19.6 Å². The van der Waals surface area contributed by atoms with Gasteiger partial charge in [0.1, 0.15) is 11.8 Å². The minimum absolute atomic E-state index is 0.218. The molecule has 0 amide bonds. The number of hydrogen-bond donors (Lipinski definition) is 0. The second kappa shape index (κ2) is 10.1. The van der Waals surface area contributed by atoms with Gasteiger partial charge in [0.2, 0.25) is 0 Å². The first-order valence-corrected chi connectivity index (χ1v) is 13.5. The number of thiazole rings is 1. The van der Waals surface area contributed by atoms with Crippen LogP contribution in [0.4, 0.5) is 0 Å². The van der Waals surface area contributed by atoms with Crippen LogP contribution in [0.3, 0.4) is 0 Å². The summed E-state index contributed by atoms with van der Waals surface area (Å²) in [6.07, 6.45) is 1.80. The third kappa shape index (κ3) is 4.66. The van der Waals surface area contributed by atoms with Crippen molar-refractivity contribution in [1.82, 2.24) is 4.57 Å². The zero-order chi connectivity index (χ0) is 23.7. The minimum atomic E-state index is -0.581. The van der Waals surface area contributed by atoms with Crippen molar-refractivity contribution >= 4 is 66.6 Å². The molecule has 4 rings (SSSR count). The summed E-state index contributed by atoms with van der Waals surface area (Å²) in [5.41, 5.74) is 1.49. The van der Waals surface area contributed by atoms with Crippen molar-refractivity contribution in [3.63, 3.8) is 0 Å². The minimum Gasteiger partial charge on any atom is -0.492 e. The molecule has 0 fully saturated rings. The number of carbonyl (C=O) groups excluding carboxylic acids is 1. The van der Waals surface area contributed by atoms with Gasteiger partial charge in [-0.05, 0) is 66.4 Å². The summed E-state index contributed by atoms with van der Waals surface area (Å²) in [6, 6.07) is 7.04. The SMILES string of the molecule is CCOC(=O)C1=C(C)N=c2s/c(=C\c3cc(Br)cc(Br)c3OCC)c(=O)n2[C@@H]1c1cccs1. The van der Waals surface area contributed by atoms with Crippen LogP contribution in [0.1, 0.15) is 37.3 Å². The molecule has 2 aromatic heterocycles. The molecule has 172 valence electrons. The van der Waals surface area contributed by atoms with Crippen LogP contribution >= 0.6 is 54.5 Å². The molecule has 0 saturated heterocycles. The zero-order valence-electron chi connectivity index (χ0n) is 18.1. The number of ether oxygens (including phenoxy) is 2. The van der Waals surface area contributed by atoms with E-state index >= 15 is 0 Å². The molecule has 1 aliphatic rings. The fourth-order valence-electron chi connectivity index (χ4n) is 3.63. The maximum Gasteiger partial charge on any atom is 0.338 e. The van der Waals surface area contributed by atoms with Gasteiger partial charge < -0.3 is 9.47 Å². The lowest BCUT2D eigenvalue weighted by Gasteiger charge is -2.23. The van der Waals surface area contributed by atoms with E-state index in [-0.39, 0.29) is 12.2 Å². The Morgan fingerprint density at radius 3 is 2.73 bits per heavy atom. The maximum atomic E-state index is 13.6. The summed E-state index contributed by atoms with van der Waals surface area (Å²) in [4.78, 5) is 32.5. The predicted molar refractivity (Wildman–Crippen MR) is 138 cm³/mol. The Kier molecular flexibility index (Phi) is 7.37. The Morgan fingerprint density at radius 1 is 1.27 bits per heavy atom. The fraction of sp³-hybridized carbons (Fsp3) is 0.261. The molecule has 3 heterocycles. The quantitative estimate of drug-likeness (QED) is 0.376. The van der Waals surface area contributed by atoms with Crippen LogP contribution in [0.15, 0.2) is 59.6 Å². The van der Waals surface area contributed by atoms with Gasteiger partial charge in [0, 0.05) is 14.9 Å². The van der Waals surface area contributed by atoms with Crippen LogP contribution in [0.2, 0.25) is 0 Å². The number of hydrogen-bond acceptors (Lipinski definition) is 7. The van der Waals surface area contributed by atoms with Gasteiger partial charge in [0.25, 0.3) is 5.56 Å². The summed E-state index contributed by atoms with van der Waals surface area (Å²) in [5.74, 6) is 0.200. The lowest BCUT2D eigenvalue weighted by Crippen LogP contribution is -2.39. The van der Waals surface area contributed by atoms with Crippen molar-refractivity contribution in [1.29, 1.82) is 0 Å². The average Bonchev–Trinajstić information content (AvgIpc) is 3.38. The van der Waals surface area contributed by atoms with Gasteiger partial charge in [-0.1, -0.05) is 33.3 Å². The van der Waals surface area contributed by atoms with E-state index in [2.05, 4.69) is 36.9 Å². The summed E-state index contributed by atoms with van der Waals surface area (Å²) >= 11 is 9.82. The molecule has 0 unspecified atom stereocenters. The number of aromatic nitrogens is 1. The molecular weight excluding hydrogens is 592 g/mol. The van der Waals surface area contributed by atoms with Gasteiger partial charge in [-0.15, -0.1) is 11.3 Å². The maximum absolute atomic E-state index is 13.6. The monoisotopic (exact) mass is 610 g/mol. The molecule has 1 aliphatic heterocycles. The van der Waals surface area contributed by atoms with Gasteiger partial charge >= 0.3 is 5.97 Å². The molecule has 1 aromatic carbocycles. The van der Waals surface area contributed by atoms with Crippen LogP contribution in [0.25, 0.3) is 6.08 Å². The summed E-state index contributed by atoms with van der Waals surface area (Å²) in [6.45, 7) is 6.18. The zero-order valence-corrected chi connectivity index (χ0v) is 22.9. The van der Waals surface area contributed by atoms with Crippen LogP contribution in [0.5, 0.6) is 5.75 Å². The van der Waals surface area contributed by atoms with Crippen molar-refractivity contribution in [2.24, 2.45) is 4.99 Å². The Hall–Kier alpha value is -2.01. The third-order valence-corrected chi connectivity index (χ3v) is 7.90. The highest BCUT2D eigenvalue weighted by molar-refractivity contribution is 9.11. The first-order valence-electron chi connectivity index (χ1n) is 10.2. The number of carbonyl (C=O) groups is 1. The molecule has 0 saturated carbocycles. The van der Waals surface area contributed by atoms with Crippen molar-refractivity contribution < 1.29 is 14.3 Å². The molecule has 10 heteroatoms. The second-order valence-electron chi connectivity index (χ2n) is 7.06. The number of allylic oxidation sites excluding steroid dienone is 1. The molecule has 3 aromatic rings. The molecule has 0 spiro atoms. The van der Waals surface area contributed by atoms with Gasteiger partial charge in [0.05, 0.1) is 33.5 Å². The van der Waals surface area contributed by atoms with E-state index in [9.17, 15) is 9.59 Å². The van der Waals surface area contributed by atoms with Crippen molar-refractivity contribution in [3.05, 3.63) is 80.0 Å². The lowest BCUT2D eigenvalue weighted by molar-refractivity contribution is -0.139. The van der Waals surface area contributed by atoms with E-state index in [4.69, 9.17) is 9.47 Å². The first-order chi connectivity index (χ1) is 15.8. The molecule has 0 N–H and O–H groups in total. The average molecular weight is 612 g/mol. The number of halogens is 2. The van der Waals surface area contributed by atoms with E-state index in [1.54, 1.807) is 24.5 Å². The van der Waals surface area contributed by atoms with Crippen molar-refractivity contribution in [2.75, 3.05) is 13.2 Å². The number of nitrogens with zero attached hydrogens (tertiary/aromatic N) is 2. The van der Waals surface area contributed by atoms with Crippen LogP contribution in [-0.4, -0.2) is 23.8 Å². The highest BCUT2D eigenvalue weighted by Gasteiger charge is 2.33. The van der Waals surface area contributed by atoms with Gasteiger partial charge in [-0.25, -0.2) is 9.79 Å². The lowest BCUT2D eigenvalue weighted by atomic mass is 10.0. The van der Waals surface area contributed by atoms with Crippen molar-refractivity contribution in [3.8, 4) is 5.75 Å². The summed E-state index contributed by atoms with van der Waals surface area (Å²) < 4.78 is 14.9. The van der Waals surface area contributed by atoms with Crippen molar-refractivity contribution in [2.45, 2.75) is 26.8 Å². The number of fused-ring (bicyclic) bond motifs is 1. The summed E-state index contributed by atoms with van der Waals surface area (Å²) in [7, 11) is 0. The third-order valence-electron chi connectivity index (χ3n) is 4.94. The normalized spacial score (nSPS) is 15.9. The molecule has 6 nitrogen and oxygen atoms in total. The van der Waals surface area contributed by atoms with Crippen LogP contribution in [-0.2, 0) is 9.53 Å². The number of thiophene rings is 1. The van der Waals surface area contributed by atoms with Gasteiger partial charge in [0.15, 0.2) is 4.80 Å². The largest absolute Gasteiger partial charge is 0.492 e. The smallest absolute Gasteiger partial charge is 0.338 e. The van der Waals surface area contributed by atoms with Crippen LogP contribution in [0, 0.1) is 0 Å². The molecule has 1 atom stereocenters. The van der Waals surface area contributed by atoms with E-state index < -0.39 is 12.0 Å². The number of benzene rings is 1. The van der Waals surface area contributed by atoms with E-state index in [1.165, 1.54) is 22.7 Å². The van der Waals surface area contributed by atoms with E-state index in [0.29, 0.717) is 33.0 Å². The molecule has 33 heavy (non-hydrogen) atoms. The number of esters is 1. The fourth-order valence-corrected chi connectivity index (χ4v) is 6.87. The Morgan fingerprint density at radius 2 is 2.06 bits per heavy atom.